The fraction of sp³-hybridized carbons (Fsp3) is 0.450. The van der Waals surface area contributed by atoms with Gasteiger partial charge in [0.05, 0.1) is 13.2 Å². The molecule has 0 amide bonds. The monoisotopic (exact) mass is 355 g/mol. The Morgan fingerprint density at radius 3 is 3.00 bits per heavy atom. The Kier molecular flexibility index (Phi) is 4.52. The maximum absolute atomic E-state index is 5.74. The Bertz CT molecular complexity index is 882. The molecule has 5 heteroatoms. The van der Waals surface area contributed by atoms with Crippen LogP contribution in [0, 0.1) is 13.8 Å². The van der Waals surface area contributed by atoms with Crippen molar-refractivity contribution in [2.75, 3.05) is 13.7 Å². The van der Waals surface area contributed by atoms with Crippen LogP contribution in [0.1, 0.15) is 47.1 Å². The number of aromatic nitrogens is 2. The van der Waals surface area contributed by atoms with Crippen molar-refractivity contribution < 1.29 is 4.74 Å². The summed E-state index contributed by atoms with van der Waals surface area (Å²) in [6, 6.07) is 4.75. The topological polar surface area (TPSA) is 41.1 Å². The summed E-state index contributed by atoms with van der Waals surface area (Å²) in [7, 11) is 1.77. The van der Waals surface area contributed by atoms with E-state index in [2.05, 4.69) is 41.2 Å². The lowest BCUT2D eigenvalue weighted by molar-refractivity contribution is 0.139. The van der Waals surface area contributed by atoms with Crippen LogP contribution in [0.5, 0.6) is 5.75 Å². The number of nitrogens with zero attached hydrogens (tertiary/aromatic N) is 2. The van der Waals surface area contributed by atoms with E-state index in [1.165, 1.54) is 46.3 Å². The summed E-state index contributed by atoms with van der Waals surface area (Å²) in [5.41, 5.74) is 4.86. The SMILES string of the molecule is COc1cc(C)c2[nH]ccc2c1CN1CCCCC1c1nc(C)cs1. The van der Waals surface area contributed by atoms with Crippen LogP contribution in [-0.4, -0.2) is 28.5 Å². The molecular formula is C20H25N3OS. The highest BCUT2D eigenvalue weighted by atomic mass is 32.1. The standard InChI is InChI=1S/C20H25N3OS/c1-13-10-18(24-3)16(15-7-8-21-19(13)15)11-23-9-5-4-6-17(23)20-22-14(2)12-25-20/h7-8,10,12,17,21H,4-6,9,11H2,1-3H3. The van der Waals surface area contributed by atoms with Crippen LogP contribution >= 0.6 is 11.3 Å². The molecule has 25 heavy (non-hydrogen) atoms. The summed E-state index contributed by atoms with van der Waals surface area (Å²) in [5, 5.41) is 4.70. The number of fused-ring (bicyclic) bond motifs is 1. The van der Waals surface area contributed by atoms with Gasteiger partial charge in [-0.2, -0.15) is 0 Å². The highest BCUT2D eigenvalue weighted by molar-refractivity contribution is 7.09. The Hall–Kier alpha value is -1.85. The largest absolute Gasteiger partial charge is 0.496 e. The number of H-pyrrole nitrogens is 1. The Labute approximate surface area is 152 Å². The van der Waals surface area contributed by atoms with E-state index in [0.717, 1.165) is 24.5 Å². The van der Waals surface area contributed by atoms with Gasteiger partial charge in [0.1, 0.15) is 10.8 Å². The van der Waals surface area contributed by atoms with E-state index in [1.54, 1.807) is 18.4 Å². The highest BCUT2D eigenvalue weighted by Gasteiger charge is 2.27. The van der Waals surface area contributed by atoms with Crippen molar-refractivity contribution in [1.82, 2.24) is 14.9 Å². The van der Waals surface area contributed by atoms with Crippen LogP contribution in [-0.2, 0) is 6.54 Å². The lowest BCUT2D eigenvalue weighted by atomic mass is 9.99. The van der Waals surface area contributed by atoms with Gasteiger partial charge in [0, 0.05) is 40.3 Å². The maximum atomic E-state index is 5.74. The van der Waals surface area contributed by atoms with E-state index in [9.17, 15) is 0 Å². The smallest absolute Gasteiger partial charge is 0.124 e. The molecule has 0 spiro atoms. The predicted octanol–water partition coefficient (Wildman–Crippen LogP) is 4.98. The van der Waals surface area contributed by atoms with Crippen molar-refractivity contribution in [3.8, 4) is 5.75 Å². The van der Waals surface area contributed by atoms with E-state index in [1.807, 2.05) is 6.20 Å². The summed E-state index contributed by atoms with van der Waals surface area (Å²) in [4.78, 5) is 10.7. The van der Waals surface area contributed by atoms with Gasteiger partial charge in [0.25, 0.3) is 0 Å². The Morgan fingerprint density at radius 2 is 2.24 bits per heavy atom. The van der Waals surface area contributed by atoms with Gasteiger partial charge >= 0.3 is 0 Å². The second kappa shape index (κ2) is 6.81. The third-order valence-corrected chi connectivity index (χ3v) is 6.29. The number of piperidine rings is 1. The number of aromatic amines is 1. The second-order valence-corrected chi connectivity index (χ2v) is 7.84. The lowest BCUT2D eigenvalue weighted by Crippen LogP contribution is -2.33. The molecule has 1 aliphatic heterocycles. The number of nitrogens with one attached hydrogen (secondary N) is 1. The number of aryl methyl sites for hydroxylation is 2. The van der Waals surface area contributed by atoms with Crippen LogP contribution < -0.4 is 4.74 Å². The first-order valence-corrected chi connectivity index (χ1v) is 9.85. The van der Waals surface area contributed by atoms with Crippen molar-refractivity contribution in [3.63, 3.8) is 0 Å². The number of ether oxygens (including phenoxy) is 1. The molecule has 1 N–H and O–H groups in total. The fourth-order valence-corrected chi connectivity index (χ4v) is 4.93. The van der Waals surface area contributed by atoms with Crippen molar-refractivity contribution in [3.05, 3.63) is 45.5 Å². The van der Waals surface area contributed by atoms with Gasteiger partial charge in [-0.15, -0.1) is 11.3 Å². The van der Waals surface area contributed by atoms with Gasteiger partial charge in [-0.1, -0.05) is 6.42 Å². The van der Waals surface area contributed by atoms with Gasteiger partial charge in [0.15, 0.2) is 0 Å². The summed E-state index contributed by atoms with van der Waals surface area (Å²) in [6.45, 7) is 6.24. The molecule has 1 fully saturated rings. The van der Waals surface area contributed by atoms with Crippen LogP contribution in [0.15, 0.2) is 23.7 Å². The van der Waals surface area contributed by atoms with Gasteiger partial charge in [0.2, 0.25) is 0 Å². The van der Waals surface area contributed by atoms with E-state index in [-0.39, 0.29) is 0 Å². The first-order valence-electron chi connectivity index (χ1n) is 8.97. The molecule has 0 radical (unpaired) electrons. The van der Waals surface area contributed by atoms with Gasteiger partial charge < -0.3 is 9.72 Å². The van der Waals surface area contributed by atoms with Gasteiger partial charge in [-0.3, -0.25) is 4.90 Å². The molecule has 132 valence electrons. The first kappa shape index (κ1) is 16.6. The predicted molar refractivity (Wildman–Crippen MR) is 103 cm³/mol. The van der Waals surface area contributed by atoms with Crippen molar-refractivity contribution in [2.24, 2.45) is 0 Å². The van der Waals surface area contributed by atoms with Crippen molar-refractivity contribution >= 4 is 22.2 Å². The molecule has 0 saturated carbocycles. The molecule has 1 unspecified atom stereocenters. The first-order chi connectivity index (χ1) is 12.2. The number of thiazole rings is 1. The molecule has 1 aliphatic rings. The minimum atomic E-state index is 0.424. The van der Waals surface area contributed by atoms with Crippen molar-refractivity contribution in [2.45, 2.75) is 45.7 Å². The lowest BCUT2D eigenvalue weighted by Gasteiger charge is -2.35. The second-order valence-electron chi connectivity index (χ2n) is 6.95. The average molecular weight is 356 g/mol. The zero-order valence-electron chi connectivity index (χ0n) is 15.1. The molecule has 3 heterocycles. The summed E-state index contributed by atoms with van der Waals surface area (Å²) in [6.07, 6.45) is 5.76. The van der Waals surface area contributed by atoms with Gasteiger partial charge in [-0.05, 0) is 50.9 Å². The number of hydrogen-bond acceptors (Lipinski definition) is 4. The number of benzene rings is 1. The summed E-state index contributed by atoms with van der Waals surface area (Å²) >= 11 is 1.80. The molecule has 1 saturated heterocycles. The fourth-order valence-electron chi connectivity index (χ4n) is 3.97. The van der Waals surface area contributed by atoms with E-state index < -0.39 is 0 Å². The summed E-state index contributed by atoms with van der Waals surface area (Å²) < 4.78 is 5.74. The van der Waals surface area contributed by atoms with Crippen LogP contribution in [0.25, 0.3) is 10.9 Å². The third-order valence-electron chi connectivity index (χ3n) is 5.23. The molecule has 3 aromatic rings. The zero-order chi connectivity index (χ0) is 17.4. The van der Waals surface area contributed by atoms with E-state index >= 15 is 0 Å². The van der Waals surface area contributed by atoms with Gasteiger partial charge in [-0.25, -0.2) is 4.98 Å². The summed E-state index contributed by atoms with van der Waals surface area (Å²) in [5.74, 6) is 0.990. The van der Waals surface area contributed by atoms with Crippen LogP contribution in [0.2, 0.25) is 0 Å². The zero-order valence-corrected chi connectivity index (χ0v) is 15.9. The quantitative estimate of drug-likeness (QED) is 0.718. The Balaban J connectivity index is 1.71. The number of rotatable bonds is 4. The normalized spacial score (nSPS) is 18.8. The third kappa shape index (κ3) is 3.07. The number of hydrogen-bond donors (Lipinski definition) is 1. The molecule has 0 aliphatic carbocycles. The van der Waals surface area contributed by atoms with Crippen LogP contribution in [0.3, 0.4) is 0 Å². The highest BCUT2D eigenvalue weighted by Crippen LogP contribution is 2.37. The maximum Gasteiger partial charge on any atom is 0.124 e. The minimum absolute atomic E-state index is 0.424. The molecule has 1 aromatic carbocycles. The number of likely N-dealkylation sites (tertiary alicyclic amines) is 1. The van der Waals surface area contributed by atoms with Crippen LogP contribution in [0.4, 0.5) is 0 Å². The molecule has 2 aromatic heterocycles. The molecular weight excluding hydrogens is 330 g/mol. The molecule has 4 rings (SSSR count). The van der Waals surface area contributed by atoms with Crippen molar-refractivity contribution in [1.29, 1.82) is 0 Å². The van der Waals surface area contributed by atoms with E-state index in [4.69, 9.17) is 9.72 Å². The van der Waals surface area contributed by atoms with E-state index in [0.29, 0.717) is 6.04 Å². The molecule has 0 bridgehead atoms. The minimum Gasteiger partial charge on any atom is -0.496 e. The number of methoxy groups -OCH3 is 1. The Morgan fingerprint density at radius 1 is 1.36 bits per heavy atom. The average Bonchev–Trinajstić information content (AvgIpc) is 3.27. The molecule has 1 atom stereocenters. The molecule has 4 nitrogen and oxygen atoms in total.